The molecule has 0 aromatic carbocycles. The molecule has 1 fully saturated rings. The number of carbonyl (C=O) groups is 2. The van der Waals surface area contributed by atoms with E-state index in [9.17, 15) is 9.59 Å². The number of rotatable bonds is 5. The first-order valence-electron chi connectivity index (χ1n) is 8.30. The number of ketones is 1. The largest absolute Gasteiger partial charge is 0.444 e. The predicted molar refractivity (Wildman–Crippen MR) is 87.3 cm³/mol. The number of aromatic nitrogens is 2. The summed E-state index contributed by atoms with van der Waals surface area (Å²) >= 11 is 0. The van der Waals surface area contributed by atoms with Gasteiger partial charge in [-0.05, 0) is 39.0 Å². The first kappa shape index (κ1) is 18.4. The number of amides is 1. The van der Waals surface area contributed by atoms with E-state index >= 15 is 0 Å². The molecule has 2 rings (SSSR count). The van der Waals surface area contributed by atoms with E-state index in [2.05, 4.69) is 15.5 Å². The predicted octanol–water partition coefficient (Wildman–Crippen LogP) is 3.20. The molecule has 7 nitrogen and oxygen atoms in total. The zero-order valence-electron chi connectivity index (χ0n) is 15.3. The lowest BCUT2D eigenvalue weighted by atomic mass is 9.87. The fourth-order valence-electron chi connectivity index (χ4n) is 2.23. The molecule has 0 saturated heterocycles. The molecule has 1 N–H and O–H groups in total. The van der Waals surface area contributed by atoms with Crippen molar-refractivity contribution in [3.63, 3.8) is 0 Å². The van der Waals surface area contributed by atoms with Crippen molar-refractivity contribution in [2.75, 3.05) is 0 Å². The van der Waals surface area contributed by atoms with Crippen LogP contribution < -0.4 is 5.32 Å². The lowest BCUT2D eigenvalue weighted by Gasteiger charge is -2.29. The van der Waals surface area contributed by atoms with Gasteiger partial charge in [-0.25, -0.2) is 4.79 Å². The van der Waals surface area contributed by atoms with E-state index in [0.29, 0.717) is 5.89 Å². The molecule has 0 bridgehead atoms. The Balaban J connectivity index is 2.09. The standard InChI is InChI=1S/C17H27N3O4/c1-16(2,3)13(18-15(22)24-17(4,5)6)14-20-19-12(23-14)9-11(21)10-7-8-10/h10,13H,7-9H2,1-6H3,(H,18,22)/t13-/m1/s1. The van der Waals surface area contributed by atoms with E-state index in [-0.39, 0.29) is 29.4 Å². The van der Waals surface area contributed by atoms with Gasteiger partial charge in [-0.1, -0.05) is 20.8 Å². The summed E-state index contributed by atoms with van der Waals surface area (Å²) in [6.45, 7) is 11.3. The second kappa shape index (κ2) is 6.53. The molecule has 0 aliphatic heterocycles. The Morgan fingerprint density at radius 1 is 1.21 bits per heavy atom. The third-order valence-electron chi connectivity index (χ3n) is 3.61. The van der Waals surface area contributed by atoms with Crippen LogP contribution in [0.4, 0.5) is 4.79 Å². The number of carbonyl (C=O) groups excluding carboxylic acids is 2. The highest BCUT2D eigenvalue weighted by Gasteiger charge is 2.35. The summed E-state index contributed by atoms with van der Waals surface area (Å²) in [5.74, 6) is 0.866. The topological polar surface area (TPSA) is 94.3 Å². The number of alkyl carbamates (subject to hydrolysis) is 1. The molecule has 0 spiro atoms. The average Bonchev–Trinajstić information content (AvgIpc) is 3.14. The highest BCUT2D eigenvalue weighted by Crippen LogP contribution is 2.33. The van der Waals surface area contributed by atoms with Gasteiger partial charge in [0.1, 0.15) is 17.4 Å². The zero-order chi connectivity index (χ0) is 18.1. The number of hydrogen-bond acceptors (Lipinski definition) is 6. The minimum Gasteiger partial charge on any atom is -0.444 e. The summed E-state index contributed by atoms with van der Waals surface area (Å²) in [5.41, 5.74) is -0.954. The molecule has 134 valence electrons. The lowest BCUT2D eigenvalue weighted by molar-refractivity contribution is -0.119. The maximum atomic E-state index is 12.1. The van der Waals surface area contributed by atoms with E-state index in [1.165, 1.54) is 0 Å². The van der Waals surface area contributed by atoms with E-state index < -0.39 is 17.7 Å². The van der Waals surface area contributed by atoms with Gasteiger partial charge in [-0.2, -0.15) is 0 Å². The van der Waals surface area contributed by atoms with Crippen LogP contribution >= 0.6 is 0 Å². The Hall–Kier alpha value is -1.92. The summed E-state index contributed by atoms with van der Waals surface area (Å²) in [7, 11) is 0. The normalized spacial score (nSPS) is 16.6. The number of nitrogens with zero attached hydrogens (tertiary/aromatic N) is 2. The third kappa shape index (κ3) is 5.32. The maximum absolute atomic E-state index is 12.1. The van der Waals surface area contributed by atoms with Crippen LogP contribution in [-0.4, -0.2) is 27.7 Å². The molecule has 1 aliphatic carbocycles. The average molecular weight is 337 g/mol. The summed E-state index contributed by atoms with van der Waals surface area (Å²) in [6.07, 6.45) is 1.51. The van der Waals surface area contributed by atoms with Gasteiger partial charge in [-0.3, -0.25) is 4.79 Å². The first-order chi connectivity index (χ1) is 11.0. The summed E-state index contributed by atoms with van der Waals surface area (Å²) in [5, 5.41) is 10.8. The van der Waals surface area contributed by atoms with Gasteiger partial charge in [0.25, 0.3) is 0 Å². The maximum Gasteiger partial charge on any atom is 0.408 e. The molecule has 0 unspecified atom stereocenters. The van der Waals surface area contributed by atoms with Crippen molar-refractivity contribution in [2.45, 2.75) is 72.4 Å². The fraction of sp³-hybridized carbons (Fsp3) is 0.765. The second-order valence-corrected chi connectivity index (χ2v) is 8.40. The first-order valence-corrected chi connectivity index (χ1v) is 8.30. The highest BCUT2D eigenvalue weighted by molar-refractivity contribution is 5.84. The Morgan fingerprint density at radius 3 is 2.33 bits per heavy atom. The Kier molecular flexibility index (Phi) is 5.01. The minimum atomic E-state index is -0.594. The number of nitrogens with one attached hydrogen (secondary N) is 1. The smallest absolute Gasteiger partial charge is 0.408 e. The molecular weight excluding hydrogens is 310 g/mol. The van der Waals surface area contributed by atoms with Crippen molar-refractivity contribution in [3.05, 3.63) is 11.8 Å². The molecule has 1 amide bonds. The van der Waals surface area contributed by atoms with Crippen LogP contribution in [-0.2, 0) is 16.0 Å². The van der Waals surface area contributed by atoms with Crippen molar-refractivity contribution >= 4 is 11.9 Å². The van der Waals surface area contributed by atoms with Crippen molar-refractivity contribution in [3.8, 4) is 0 Å². The van der Waals surface area contributed by atoms with Crippen LogP contribution in [0.2, 0.25) is 0 Å². The molecule has 7 heteroatoms. The summed E-state index contributed by atoms with van der Waals surface area (Å²) in [6, 6.07) is -0.510. The van der Waals surface area contributed by atoms with E-state index in [0.717, 1.165) is 12.8 Å². The van der Waals surface area contributed by atoms with Gasteiger partial charge < -0.3 is 14.5 Å². The van der Waals surface area contributed by atoms with Gasteiger partial charge in [-0.15, -0.1) is 10.2 Å². The molecule has 24 heavy (non-hydrogen) atoms. The van der Waals surface area contributed by atoms with Crippen molar-refractivity contribution in [2.24, 2.45) is 11.3 Å². The van der Waals surface area contributed by atoms with Crippen molar-refractivity contribution in [1.82, 2.24) is 15.5 Å². The third-order valence-corrected chi connectivity index (χ3v) is 3.61. The van der Waals surface area contributed by atoms with E-state index in [1.54, 1.807) is 20.8 Å². The molecule has 0 radical (unpaired) electrons. The molecule has 1 atom stereocenters. The van der Waals surface area contributed by atoms with Gasteiger partial charge in [0.15, 0.2) is 0 Å². The Bertz CT molecular complexity index is 606. The zero-order valence-corrected chi connectivity index (χ0v) is 15.3. The molecule has 1 aromatic rings. The van der Waals surface area contributed by atoms with Gasteiger partial charge >= 0.3 is 6.09 Å². The van der Waals surface area contributed by atoms with Crippen molar-refractivity contribution < 1.29 is 18.7 Å². The number of Topliss-reactive ketones (excluding diaryl/α,β-unsaturated/α-hetero) is 1. The van der Waals surface area contributed by atoms with Crippen LogP contribution in [0.25, 0.3) is 0 Å². The van der Waals surface area contributed by atoms with E-state index in [1.807, 2.05) is 20.8 Å². The Morgan fingerprint density at radius 2 is 1.83 bits per heavy atom. The molecule has 1 saturated carbocycles. The lowest BCUT2D eigenvalue weighted by Crippen LogP contribution is -2.40. The monoisotopic (exact) mass is 337 g/mol. The highest BCUT2D eigenvalue weighted by atomic mass is 16.6. The van der Waals surface area contributed by atoms with Gasteiger partial charge in [0.05, 0.1) is 6.42 Å². The minimum absolute atomic E-state index is 0.137. The number of ether oxygens (including phenoxy) is 1. The van der Waals surface area contributed by atoms with Crippen LogP contribution in [0.5, 0.6) is 0 Å². The quantitative estimate of drug-likeness (QED) is 0.886. The Labute approximate surface area is 142 Å². The molecule has 1 aromatic heterocycles. The van der Waals surface area contributed by atoms with E-state index in [4.69, 9.17) is 9.15 Å². The van der Waals surface area contributed by atoms with Gasteiger partial charge in [0.2, 0.25) is 11.8 Å². The molecule has 1 aliphatic rings. The van der Waals surface area contributed by atoms with Crippen LogP contribution in [0.1, 0.15) is 72.2 Å². The second-order valence-electron chi connectivity index (χ2n) is 8.40. The van der Waals surface area contributed by atoms with Crippen molar-refractivity contribution in [1.29, 1.82) is 0 Å². The van der Waals surface area contributed by atoms with Crippen LogP contribution in [0.3, 0.4) is 0 Å². The summed E-state index contributed by atoms with van der Waals surface area (Å²) < 4.78 is 10.9. The summed E-state index contributed by atoms with van der Waals surface area (Å²) in [4.78, 5) is 24.0. The van der Waals surface area contributed by atoms with Gasteiger partial charge in [0, 0.05) is 5.92 Å². The SMILES string of the molecule is CC(C)(C)OC(=O)N[C@H](c1nnc(CC(=O)C2CC2)o1)C(C)(C)C. The molecule has 1 heterocycles. The van der Waals surface area contributed by atoms with Crippen LogP contribution in [0.15, 0.2) is 4.42 Å². The van der Waals surface area contributed by atoms with Crippen LogP contribution in [0, 0.1) is 11.3 Å². The number of hydrogen-bond donors (Lipinski definition) is 1. The fourth-order valence-corrected chi connectivity index (χ4v) is 2.23. The molecular formula is C17H27N3O4.